The summed E-state index contributed by atoms with van der Waals surface area (Å²) in [4.78, 5) is 11.5. The van der Waals surface area contributed by atoms with Gasteiger partial charge in [0.25, 0.3) is 0 Å². The van der Waals surface area contributed by atoms with E-state index in [1.165, 1.54) is 12.1 Å². The van der Waals surface area contributed by atoms with E-state index < -0.39 is 6.09 Å². The predicted molar refractivity (Wildman–Crippen MR) is 103 cm³/mol. The van der Waals surface area contributed by atoms with Crippen LogP contribution in [0, 0.1) is 21.2 Å². The zero-order valence-corrected chi connectivity index (χ0v) is 15.8. The van der Waals surface area contributed by atoms with Gasteiger partial charge in [0.1, 0.15) is 11.6 Å². The zero-order valence-electron chi connectivity index (χ0n) is 13.6. The summed E-state index contributed by atoms with van der Waals surface area (Å²) >= 11 is 2.11. The van der Waals surface area contributed by atoms with Crippen LogP contribution in [0.3, 0.4) is 0 Å². The highest BCUT2D eigenvalue weighted by molar-refractivity contribution is 14.1. The van der Waals surface area contributed by atoms with Crippen LogP contribution in [0.25, 0.3) is 0 Å². The fraction of sp³-hybridized carbons (Fsp3) is 0.211. The lowest BCUT2D eigenvalue weighted by molar-refractivity contribution is 0.168. The van der Waals surface area contributed by atoms with Crippen LogP contribution in [0.4, 0.5) is 14.9 Å². The number of ether oxygens (including phenoxy) is 2. The molecule has 2 rings (SSSR count). The van der Waals surface area contributed by atoms with Crippen LogP contribution in [0.2, 0.25) is 0 Å². The normalized spacial score (nSPS) is 9.72. The smallest absolute Gasteiger partial charge is 0.411 e. The molecular weight excluding hydrogens is 436 g/mol. The summed E-state index contributed by atoms with van der Waals surface area (Å²) in [5.41, 5.74) is 1.39. The molecule has 0 heterocycles. The Bertz CT molecular complexity index is 781. The van der Waals surface area contributed by atoms with Gasteiger partial charge in [-0.05, 0) is 65.9 Å². The van der Waals surface area contributed by atoms with E-state index in [4.69, 9.17) is 9.47 Å². The molecule has 6 heteroatoms. The number of benzene rings is 2. The number of rotatable bonds is 5. The van der Waals surface area contributed by atoms with E-state index in [1.807, 2.05) is 6.07 Å². The Morgan fingerprint density at radius 3 is 2.72 bits per heavy atom. The second-order valence-electron chi connectivity index (χ2n) is 4.87. The van der Waals surface area contributed by atoms with Gasteiger partial charge in [-0.1, -0.05) is 17.9 Å². The van der Waals surface area contributed by atoms with Crippen LogP contribution in [0.5, 0.6) is 5.75 Å². The van der Waals surface area contributed by atoms with E-state index in [0.29, 0.717) is 31.1 Å². The highest BCUT2D eigenvalue weighted by Gasteiger charge is 2.09. The molecule has 0 atom stereocenters. The van der Waals surface area contributed by atoms with Crippen molar-refractivity contribution in [2.24, 2.45) is 0 Å². The molecule has 0 aliphatic carbocycles. The number of carbonyl (C=O) groups is 1. The summed E-state index contributed by atoms with van der Waals surface area (Å²) < 4.78 is 24.2. The fourth-order valence-electron chi connectivity index (χ4n) is 1.91. The zero-order chi connectivity index (χ0) is 18.1. The van der Waals surface area contributed by atoms with E-state index >= 15 is 0 Å². The molecule has 4 nitrogen and oxygen atoms in total. The predicted octanol–water partition coefficient (Wildman–Crippen LogP) is 4.82. The van der Waals surface area contributed by atoms with Crippen molar-refractivity contribution in [1.82, 2.24) is 0 Å². The van der Waals surface area contributed by atoms with Gasteiger partial charge >= 0.3 is 6.09 Å². The van der Waals surface area contributed by atoms with Crippen molar-refractivity contribution in [3.63, 3.8) is 0 Å². The van der Waals surface area contributed by atoms with Crippen molar-refractivity contribution >= 4 is 34.4 Å². The molecule has 0 saturated heterocycles. The Morgan fingerprint density at radius 2 is 2.00 bits per heavy atom. The highest BCUT2D eigenvalue weighted by Crippen LogP contribution is 2.28. The number of carbonyl (C=O) groups excluding carboxylic acids is 1. The molecule has 0 spiro atoms. The molecule has 130 valence electrons. The van der Waals surface area contributed by atoms with Crippen molar-refractivity contribution in [1.29, 1.82) is 0 Å². The lowest BCUT2D eigenvalue weighted by atomic mass is 10.2. The van der Waals surface area contributed by atoms with Gasteiger partial charge < -0.3 is 9.47 Å². The molecule has 0 aliphatic rings. The van der Waals surface area contributed by atoms with Gasteiger partial charge in [-0.2, -0.15) is 0 Å². The SMILES string of the molecule is CCOC(=O)Nc1cccc(OCCC#Cc2ccc(F)cc2)c1I. The Morgan fingerprint density at radius 1 is 1.24 bits per heavy atom. The average Bonchev–Trinajstić information content (AvgIpc) is 2.59. The van der Waals surface area contributed by atoms with Gasteiger partial charge in [0.05, 0.1) is 22.5 Å². The van der Waals surface area contributed by atoms with E-state index in [0.717, 1.165) is 9.13 Å². The summed E-state index contributed by atoms with van der Waals surface area (Å²) in [5, 5.41) is 2.67. The molecule has 0 aromatic heterocycles. The number of anilines is 1. The minimum absolute atomic E-state index is 0.278. The number of amides is 1. The third-order valence-electron chi connectivity index (χ3n) is 3.04. The molecule has 0 bridgehead atoms. The second-order valence-corrected chi connectivity index (χ2v) is 5.95. The quantitative estimate of drug-likeness (QED) is 0.401. The topological polar surface area (TPSA) is 47.6 Å². The Labute approximate surface area is 159 Å². The first-order valence-corrected chi connectivity index (χ1v) is 8.77. The minimum atomic E-state index is -0.497. The third-order valence-corrected chi connectivity index (χ3v) is 4.15. The molecule has 0 saturated carbocycles. The number of nitrogens with one attached hydrogen (secondary N) is 1. The van der Waals surface area contributed by atoms with Crippen molar-refractivity contribution in [3.8, 4) is 17.6 Å². The largest absolute Gasteiger partial charge is 0.491 e. The number of hydrogen-bond donors (Lipinski definition) is 1. The van der Waals surface area contributed by atoms with Crippen LogP contribution >= 0.6 is 22.6 Å². The lowest BCUT2D eigenvalue weighted by Crippen LogP contribution is -2.14. The molecule has 0 unspecified atom stereocenters. The summed E-state index contributed by atoms with van der Waals surface area (Å²) in [6, 6.07) is 11.4. The molecule has 2 aromatic rings. The average molecular weight is 453 g/mol. The summed E-state index contributed by atoms with van der Waals surface area (Å²) in [6.45, 7) is 2.47. The molecule has 0 radical (unpaired) electrons. The summed E-state index contributed by atoms with van der Waals surface area (Å²) in [6.07, 6.45) is 0.0333. The maximum Gasteiger partial charge on any atom is 0.411 e. The number of hydrogen-bond acceptors (Lipinski definition) is 3. The number of halogens is 2. The summed E-state index contributed by atoms with van der Waals surface area (Å²) in [5.74, 6) is 6.32. The standard InChI is InChI=1S/C19H17FINO3/c1-2-24-19(23)22-16-7-5-8-17(18(16)21)25-13-4-3-6-14-9-11-15(20)12-10-14/h5,7-12H,2,4,13H2,1H3,(H,22,23). The van der Waals surface area contributed by atoms with Gasteiger partial charge in [-0.25, -0.2) is 9.18 Å². The fourth-order valence-corrected chi connectivity index (χ4v) is 2.56. The molecule has 0 fully saturated rings. The van der Waals surface area contributed by atoms with E-state index in [1.54, 1.807) is 31.2 Å². The molecule has 0 aliphatic heterocycles. The molecule has 1 amide bonds. The van der Waals surface area contributed by atoms with Gasteiger partial charge in [-0.15, -0.1) is 0 Å². The van der Waals surface area contributed by atoms with Crippen LogP contribution < -0.4 is 10.1 Å². The van der Waals surface area contributed by atoms with Crippen LogP contribution in [0.1, 0.15) is 18.9 Å². The summed E-state index contributed by atoms with van der Waals surface area (Å²) in [7, 11) is 0. The van der Waals surface area contributed by atoms with Crippen molar-refractivity contribution in [2.75, 3.05) is 18.5 Å². The Balaban J connectivity index is 1.88. The maximum absolute atomic E-state index is 12.8. The van der Waals surface area contributed by atoms with Gasteiger partial charge in [-0.3, -0.25) is 5.32 Å². The monoisotopic (exact) mass is 453 g/mol. The molecule has 2 aromatic carbocycles. The van der Waals surface area contributed by atoms with Crippen LogP contribution in [-0.2, 0) is 4.74 Å². The van der Waals surface area contributed by atoms with Crippen LogP contribution in [0.15, 0.2) is 42.5 Å². The lowest BCUT2D eigenvalue weighted by Gasteiger charge is -2.11. The first kappa shape index (κ1) is 19.1. The third kappa shape index (κ3) is 6.27. The van der Waals surface area contributed by atoms with Crippen molar-refractivity contribution in [3.05, 3.63) is 57.4 Å². The van der Waals surface area contributed by atoms with E-state index in [-0.39, 0.29) is 5.82 Å². The van der Waals surface area contributed by atoms with Crippen LogP contribution in [-0.4, -0.2) is 19.3 Å². The van der Waals surface area contributed by atoms with Gasteiger partial charge in [0, 0.05) is 12.0 Å². The first-order valence-electron chi connectivity index (χ1n) is 7.69. The Hall–Kier alpha value is -2.27. The first-order chi connectivity index (χ1) is 12.1. The highest BCUT2D eigenvalue weighted by atomic mass is 127. The van der Waals surface area contributed by atoms with E-state index in [2.05, 4.69) is 39.7 Å². The van der Waals surface area contributed by atoms with E-state index in [9.17, 15) is 9.18 Å². The minimum Gasteiger partial charge on any atom is -0.491 e. The van der Waals surface area contributed by atoms with Gasteiger partial charge in [0.15, 0.2) is 0 Å². The second kappa shape index (κ2) is 9.89. The Kier molecular flexibility index (Phi) is 7.54. The molecule has 25 heavy (non-hydrogen) atoms. The molecule has 1 N–H and O–H groups in total. The maximum atomic E-state index is 12.8. The molecular formula is C19H17FINO3. The van der Waals surface area contributed by atoms with Gasteiger partial charge in [0.2, 0.25) is 0 Å². The van der Waals surface area contributed by atoms with Crippen molar-refractivity contribution < 1.29 is 18.7 Å². The van der Waals surface area contributed by atoms with Crippen molar-refractivity contribution in [2.45, 2.75) is 13.3 Å².